The third-order valence-electron chi connectivity index (χ3n) is 4.89. The molecule has 2 aliphatic rings. The fourth-order valence-corrected chi connectivity index (χ4v) is 3.34. The number of ether oxygens (including phenoxy) is 1. The molecule has 2 atom stereocenters. The first kappa shape index (κ1) is 16.8. The van der Waals surface area contributed by atoms with E-state index in [1.54, 1.807) is 0 Å². The molecule has 6 nitrogen and oxygen atoms in total. The van der Waals surface area contributed by atoms with E-state index in [-0.39, 0.29) is 23.7 Å². The third-order valence-corrected chi connectivity index (χ3v) is 4.89. The van der Waals surface area contributed by atoms with Crippen LogP contribution in [0.2, 0.25) is 0 Å². The fraction of sp³-hybridized carbons (Fsp3) is 0.556. The topological polar surface area (TPSA) is 84.7 Å². The Balaban J connectivity index is 1.53. The van der Waals surface area contributed by atoms with Gasteiger partial charge in [-0.2, -0.15) is 0 Å². The van der Waals surface area contributed by atoms with Crippen molar-refractivity contribution >= 4 is 17.5 Å². The Bertz CT molecular complexity index is 582. The van der Waals surface area contributed by atoms with Crippen LogP contribution in [0.25, 0.3) is 0 Å². The molecule has 0 unspecified atom stereocenters. The molecule has 130 valence electrons. The van der Waals surface area contributed by atoms with Crippen LogP contribution < -0.4 is 16.0 Å². The van der Waals surface area contributed by atoms with Gasteiger partial charge in [0, 0.05) is 31.9 Å². The molecular formula is C18H25N3O3. The van der Waals surface area contributed by atoms with Crippen molar-refractivity contribution in [3.8, 4) is 0 Å². The number of piperidine rings is 1. The summed E-state index contributed by atoms with van der Waals surface area (Å²) in [4.78, 5) is 25.6. The predicted molar refractivity (Wildman–Crippen MR) is 91.3 cm³/mol. The molecule has 1 aromatic rings. The maximum absolute atomic E-state index is 12.0. The standard InChI is InChI=1S/C18H25N3O3/c19-17(22)14-2-1-8-21(11-14)16-5-3-13(4-6-16)10-20-18(23)15-7-9-24-12-15/h3-6,14-15H,1-2,7-12H2,(H2,19,22)(H,20,23)/t14-,15+/m0/s1. The fourth-order valence-electron chi connectivity index (χ4n) is 3.34. The van der Waals surface area contributed by atoms with Crippen molar-refractivity contribution < 1.29 is 14.3 Å². The SMILES string of the molecule is NC(=O)[C@H]1CCCN(c2ccc(CNC(=O)[C@@H]3CCOC3)cc2)C1. The van der Waals surface area contributed by atoms with Gasteiger partial charge < -0.3 is 20.7 Å². The molecule has 2 amide bonds. The van der Waals surface area contributed by atoms with Gasteiger partial charge in [-0.1, -0.05) is 12.1 Å². The van der Waals surface area contributed by atoms with Crippen molar-refractivity contribution in [1.29, 1.82) is 0 Å². The number of benzene rings is 1. The van der Waals surface area contributed by atoms with E-state index in [2.05, 4.69) is 10.2 Å². The number of nitrogens with two attached hydrogens (primary N) is 1. The summed E-state index contributed by atoms with van der Waals surface area (Å²) in [5.74, 6) is -0.221. The van der Waals surface area contributed by atoms with E-state index in [0.29, 0.717) is 26.3 Å². The number of hydrogen-bond acceptors (Lipinski definition) is 4. The Kier molecular flexibility index (Phi) is 5.35. The van der Waals surface area contributed by atoms with Gasteiger partial charge in [0.05, 0.1) is 18.4 Å². The Morgan fingerprint density at radius 2 is 2.00 bits per heavy atom. The average molecular weight is 331 g/mol. The minimum atomic E-state index is -0.213. The Morgan fingerprint density at radius 1 is 1.21 bits per heavy atom. The molecule has 2 fully saturated rings. The maximum Gasteiger partial charge on any atom is 0.225 e. The summed E-state index contributed by atoms with van der Waals surface area (Å²) in [5, 5.41) is 2.97. The second kappa shape index (κ2) is 7.66. The highest BCUT2D eigenvalue weighted by molar-refractivity contribution is 5.79. The van der Waals surface area contributed by atoms with Crippen molar-refractivity contribution in [2.45, 2.75) is 25.8 Å². The average Bonchev–Trinajstić information content (AvgIpc) is 3.15. The summed E-state index contributed by atoms with van der Waals surface area (Å²) in [6.07, 6.45) is 2.66. The molecule has 2 heterocycles. The number of anilines is 1. The predicted octanol–water partition coefficient (Wildman–Crippen LogP) is 1.04. The number of carbonyl (C=O) groups excluding carboxylic acids is 2. The van der Waals surface area contributed by atoms with E-state index in [1.165, 1.54) is 0 Å². The van der Waals surface area contributed by atoms with Crippen molar-refractivity contribution in [1.82, 2.24) is 5.32 Å². The van der Waals surface area contributed by atoms with E-state index in [4.69, 9.17) is 10.5 Å². The number of nitrogens with one attached hydrogen (secondary N) is 1. The van der Waals surface area contributed by atoms with Gasteiger partial charge in [-0.05, 0) is 37.0 Å². The van der Waals surface area contributed by atoms with Crippen LogP contribution in [-0.2, 0) is 20.9 Å². The molecule has 6 heteroatoms. The van der Waals surface area contributed by atoms with Gasteiger partial charge in [-0.15, -0.1) is 0 Å². The highest BCUT2D eigenvalue weighted by Crippen LogP contribution is 2.23. The minimum Gasteiger partial charge on any atom is -0.381 e. The molecule has 24 heavy (non-hydrogen) atoms. The monoisotopic (exact) mass is 331 g/mol. The lowest BCUT2D eigenvalue weighted by molar-refractivity contribution is -0.125. The second-order valence-electron chi connectivity index (χ2n) is 6.63. The second-order valence-corrected chi connectivity index (χ2v) is 6.63. The summed E-state index contributed by atoms with van der Waals surface area (Å²) < 4.78 is 5.24. The van der Waals surface area contributed by atoms with Gasteiger partial charge in [-0.25, -0.2) is 0 Å². The lowest BCUT2D eigenvalue weighted by Crippen LogP contribution is -2.41. The van der Waals surface area contributed by atoms with Crippen molar-refractivity contribution in [3.05, 3.63) is 29.8 Å². The first-order valence-electron chi connectivity index (χ1n) is 8.62. The highest BCUT2D eigenvalue weighted by Gasteiger charge is 2.24. The number of primary amides is 1. The van der Waals surface area contributed by atoms with Gasteiger partial charge in [0.15, 0.2) is 0 Å². The first-order valence-corrected chi connectivity index (χ1v) is 8.62. The van der Waals surface area contributed by atoms with Gasteiger partial charge in [0.1, 0.15) is 0 Å². The van der Waals surface area contributed by atoms with E-state index >= 15 is 0 Å². The van der Waals surface area contributed by atoms with Gasteiger partial charge in [0.2, 0.25) is 11.8 Å². The number of carbonyl (C=O) groups is 2. The van der Waals surface area contributed by atoms with Crippen LogP contribution in [0, 0.1) is 11.8 Å². The Labute approximate surface area is 142 Å². The van der Waals surface area contributed by atoms with E-state index in [1.807, 2.05) is 24.3 Å². The molecule has 0 radical (unpaired) electrons. The first-order chi connectivity index (χ1) is 11.6. The Morgan fingerprint density at radius 3 is 2.67 bits per heavy atom. The lowest BCUT2D eigenvalue weighted by Gasteiger charge is -2.33. The summed E-state index contributed by atoms with van der Waals surface area (Å²) in [6.45, 7) is 3.36. The molecule has 2 aliphatic heterocycles. The number of amides is 2. The van der Waals surface area contributed by atoms with Crippen molar-refractivity contribution in [3.63, 3.8) is 0 Å². The normalized spacial score (nSPS) is 23.9. The number of hydrogen-bond donors (Lipinski definition) is 2. The van der Waals surface area contributed by atoms with E-state index in [0.717, 1.165) is 37.1 Å². The summed E-state index contributed by atoms with van der Waals surface area (Å²) in [7, 11) is 0. The zero-order valence-electron chi connectivity index (χ0n) is 13.9. The summed E-state index contributed by atoms with van der Waals surface area (Å²) >= 11 is 0. The van der Waals surface area contributed by atoms with Crippen LogP contribution in [0.15, 0.2) is 24.3 Å². The van der Waals surface area contributed by atoms with Gasteiger partial charge >= 0.3 is 0 Å². The van der Waals surface area contributed by atoms with Gasteiger partial charge in [-0.3, -0.25) is 9.59 Å². The third kappa shape index (κ3) is 4.06. The molecule has 0 aromatic heterocycles. The zero-order valence-corrected chi connectivity index (χ0v) is 13.9. The lowest BCUT2D eigenvalue weighted by atomic mass is 9.97. The Hall–Kier alpha value is -2.08. The minimum absolute atomic E-state index is 0.0108. The van der Waals surface area contributed by atoms with E-state index in [9.17, 15) is 9.59 Å². The molecule has 2 saturated heterocycles. The van der Waals surface area contributed by atoms with Crippen LogP contribution in [0.1, 0.15) is 24.8 Å². The van der Waals surface area contributed by atoms with Crippen LogP contribution in [0.5, 0.6) is 0 Å². The largest absolute Gasteiger partial charge is 0.381 e. The highest BCUT2D eigenvalue weighted by atomic mass is 16.5. The van der Waals surface area contributed by atoms with Crippen molar-refractivity contribution in [2.75, 3.05) is 31.2 Å². The molecule has 0 spiro atoms. The summed E-state index contributed by atoms with van der Waals surface area (Å²) in [5.41, 5.74) is 7.60. The number of rotatable bonds is 5. The van der Waals surface area contributed by atoms with E-state index < -0.39 is 0 Å². The van der Waals surface area contributed by atoms with Crippen LogP contribution in [-0.4, -0.2) is 38.1 Å². The van der Waals surface area contributed by atoms with Gasteiger partial charge in [0.25, 0.3) is 0 Å². The van der Waals surface area contributed by atoms with Crippen LogP contribution >= 0.6 is 0 Å². The maximum atomic E-state index is 12.0. The zero-order chi connectivity index (χ0) is 16.9. The molecule has 3 rings (SSSR count). The molecule has 1 aromatic carbocycles. The van der Waals surface area contributed by atoms with Crippen LogP contribution in [0.3, 0.4) is 0 Å². The smallest absolute Gasteiger partial charge is 0.225 e. The van der Waals surface area contributed by atoms with Crippen molar-refractivity contribution in [2.24, 2.45) is 17.6 Å². The molecule has 0 saturated carbocycles. The molecule has 0 bridgehead atoms. The summed E-state index contributed by atoms with van der Waals surface area (Å²) in [6, 6.07) is 8.14. The quantitative estimate of drug-likeness (QED) is 0.844. The number of nitrogens with zero attached hydrogens (tertiary/aromatic N) is 1. The molecule has 3 N–H and O–H groups in total. The van der Waals surface area contributed by atoms with Crippen LogP contribution in [0.4, 0.5) is 5.69 Å². The molecular weight excluding hydrogens is 306 g/mol. The molecule has 0 aliphatic carbocycles.